The highest BCUT2D eigenvalue weighted by atomic mass is 32.2. The third kappa shape index (κ3) is 4.17. The van der Waals surface area contributed by atoms with E-state index in [1.807, 2.05) is 6.07 Å². The molecule has 0 aliphatic heterocycles. The summed E-state index contributed by atoms with van der Waals surface area (Å²) in [5.74, 6) is 1.64. The van der Waals surface area contributed by atoms with E-state index in [0.29, 0.717) is 12.4 Å². The lowest BCUT2D eigenvalue weighted by atomic mass is 10.2. The predicted molar refractivity (Wildman–Crippen MR) is 97.5 cm³/mol. The van der Waals surface area contributed by atoms with Crippen LogP contribution in [0.25, 0.3) is 0 Å². The van der Waals surface area contributed by atoms with Crippen molar-refractivity contribution in [2.75, 3.05) is 5.32 Å². The molecule has 0 unspecified atom stereocenters. The highest BCUT2D eigenvalue weighted by Gasteiger charge is 2.10. The van der Waals surface area contributed by atoms with E-state index in [1.54, 1.807) is 11.8 Å². The highest BCUT2D eigenvalue weighted by molar-refractivity contribution is 7.99. The Kier molecular flexibility index (Phi) is 5.20. The normalized spacial score (nSPS) is 11.0. The molecule has 0 amide bonds. The second-order valence-corrected chi connectivity index (χ2v) is 7.09. The number of hydrogen-bond donors (Lipinski definition) is 1. The van der Waals surface area contributed by atoms with Crippen molar-refractivity contribution < 1.29 is 4.52 Å². The monoisotopic (exact) mass is 339 g/mol. The quantitative estimate of drug-likeness (QED) is 0.663. The molecule has 3 aromatic rings. The van der Waals surface area contributed by atoms with Gasteiger partial charge in [-0.25, -0.2) is 0 Å². The maximum atomic E-state index is 5.26. The van der Waals surface area contributed by atoms with Gasteiger partial charge in [0.1, 0.15) is 0 Å². The summed E-state index contributed by atoms with van der Waals surface area (Å²) in [5, 5.41) is 7.35. The molecule has 3 rings (SSSR count). The van der Waals surface area contributed by atoms with Gasteiger partial charge in [0.2, 0.25) is 5.89 Å². The van der Waals surface area contributed by atoms with E-state index in [9.17, 15) is 0 Å². The SMILES string of the molecule is Cc1cc(Sc2ccccc2)ccc1NCc1nc(C(C)C)no1. The van der Waals surface area contributed by atoms with Gasteiger partial charge in [-0.2, -0.15) is 4.98 Å². The fourth-order valence-corrected chi connectivity index (χ4v) is 3.20. The van der Waals surface area contributed by atoms with E-state index in [2.05, 4.69) is 78.7 Å². The number of hydrogen-bond acceptors (Lipinski definition) is 5. The Bertz CT molecular complexity index is 799. The van der Waals surface area contributed by atoms with Crippen LogP contribution in [0.3, 0.4) is 0 Å². The predicted octanol–water partition coefficient (Wildman–Crippen LogP) is 5.26. The van der Waals surface area contributed by atoms with Crippen molar-refractivity contribution >= 4 is 17.4 Å². The topological polar surface area (TPSA) is 51.0 Å². The van der Waals surface area contributed by atoms with Gasteiger partial charge in [-0.3, -0.25) is 0 Å². The van der Waals surface area contributed by atoms with Crippen LogP contribution in [-0.2, 0) is 6.54 Å². The van der Waals surface area contributed by atoms with Crippen molar-refractivity contribution in [1.29, 1.82) is 0 Å². The largest absolute Gasteiger partial charge is 0.376 e. The van der Waals surface area contributed by atoms with E-state index in [1.165, 1.54) is 15.4 Å². The number of anilines is 1. The standard InChI is InChI=1S/C19H21N3OS/c1-13(2)19-21-18(23-22-19)12-20-17-10-9-16(11-14(17)3)24-15-7-5-4-6-8-15/h4-11,13,20H,12H2,1-3H3. The average Bonchev–Trinajstić information content (AvgIpc) is 3.04. The lowest BCUT2D eigenvalue weighted by Crippen LogP contribution is -2.02. The van der Waals surface area contributed by atoms with Crippen molar-refractivity contribution in [2.24, 2.45) is 0 Å². The number of benzene rings is 2. The van der Waals surface area contributed by atoms with E-state index >= 15 is 0 Å². The van der Waals surface area contributed by atoms with Gasteiger partial charge < -0.3 is 9.84 Å². The molecule has 2 aromatic carbocycles. The average molecular weight is 339 g/mol. The van der Waals surface area contributed by atoms with Crippen LogP contribution in [-0.4, -0.2) is 10.1 Å². The first-order valence-corrected chi connectivity index (χ1v) is 8.83. The molecule has 1 N–H and O–H groups in total. The smallest absolute Gasteiger partial charge is 0.245 e. The fourth-order valence-electron chi connectivity index (χ4n) is 2.27. The van der Waals surface area contributed by atoms with Crippen LogP contribution in [0.5, 0.6) is 0 Å². The fraction of sp³-hybridized carbons (Fsp3) is 0.263. The summed E-state index contributed by atoms with van der Waals surface area (Å²) in [4.78, 5) is 6.85. The summed E-state index contributed by atoms with van der Waals surface area (Å²) in [6.07, 6.45) is 0. The second-order valence-electron chi connectivity index (χ2n) is 5.95. The van der Waals surface area contributed by atoms with E-state index < -0.39 is 0 Å². The number of aromatic nitrogens is 2. The van der Waals surface area contributed by atoms with Crippen molar-refractivity contribution in [3.8, 4) is 0 Å². The van der Waals surface area contributed by atoms with Crippen molar-refractivity contribution in [1.82, 2.24) is 10.1 Å². The lowest BCUT2D eigenvalue weighted by molar-refractivity contribution is 0.376. The molecule has 0 saturated heterocycles. The van der Waals surface area contributed by atoms with Gasteiger partial charge in [0.05, 0.1) is 6.54 Å². The zero-order valence-electron chi connectivity index (χ0n) is 14.1. The van der Waals surface area contributed by atoms with Crippen LogP contribution in [0, 0.1) is 6.92 Å². The second kappa shape index (κ2) is 7.53. The molecule has 0 bridgehead atoms. The molecule has 24 heavy (non-hydrogen) atoms. The molecule has 0 spiro atoms. The van der Waals surface area contributed by atoms with Gasteiger partial charge in [0.15, 0.2) is 5.82 Å². The molecular formula is C19H21N3OS. The number of aryl methyl sites for hydroxylation is 1. The van der Waals surface area contributed by atoms with Gasteiger partial charge in [0.25, 0.3) is 0 Å². The maximum absolute atomic E-state index is 5.26. The molecule has 0 fully saturated rings. The van der Waals surface area contributed by atoms with Crippen LogP contribution in [0.4, 0.5) is 5.69 Å². The van der Waals surface area contributed by atoms with Gasteiger partial charge in [-0.1, -0.05) is 49.0 Å². The molecule has 0 radical (unpaired) electrons. The third-order valence-corrected chi connectivity index (χ3v) is 4.60. The summed E-state index contributed by atoms with van der Waals surface area (Å²) < 4.78 is 5.26. The first-order chi connectivity index (χ1) is 11.6. The Morgan fingerprint density at radius 3 is 2.54 bits per heavy atom. The Balaban J connectivity index is 1.64. The molecule has 0 aliphatic carbocycles. The molecule has 0 atom stereocenters. The molecule has 124 valence electrons. The molecule has 0 aliphatic rings. The maximum Gasteiger partial charge on any atom is 0.245 e. The van der Waals surface area contributed by atoms with Gasteiger partial charge in [-0.05, 0) is 42.8 Å². The molecule has 1 heterocycles. The Morgan fingerprint density at radius 1 is 1.08 bits per heavy atom. The summed E-state index contributed by atoms with van der Waals surface area (Å²) in [7, 11) is 0. The summed E-state index contributed by atoms with van der Waals surface area (Å²) in [6, 6.07) is 16.8. The van der Waals surface area contributed by atoms with Crippen molar-refractivity contribution in [3.63, 3.8) is 0 Å². The molecule has 5 heteroatoms. The van der Waals surface area contributed by atoms with Gasteiger partial charge >= 0.3 is 0 Å². The Morgan fingerprint density at radius 2 is 1.88 bits per heavy atom. The third-order valence-electron chi connectivity index (χ3n) is 3.61. The molecular weight excluding hydrogens is 318 g/mol. The van der Waals surface area contributed by atoms with Crippen LogP contribution in [0.1, 0.15) is 37.0 Å². The van der Waals surface area contributed by atoms with Crippen molar-refractivity contribution in [2.45, 2.75) is 43.0 Å². The zero-order chi connectivity index (χ0) is 16.9. The Labute approximate surface area is 146 Å². The summed E-state index contributed by atoms with van der Waals surface area (Å²) >= 11 is 1.76. The highest BCUT2D eigenvalue weighted by Crippen LogP contribution is 2.30. The van der Waals surface area contributed by atoms with Gasteiger partial charge in [0, 0.05) is 21.4 Å². The molecule has 4 nitrogen and oxygen atoms in total. The van der Waals surface area contributed by atoms with E-state index in [-0.39, 0.29) is 5.92 Å². The van der Waals surface area contributed by atoms with E-state index in [4.69, 9.17) is 4.52 Å². The minimum atomic E-state index is 0.276. The van der Waals surface area contributed by atoms with Gasteiger partial charge in [-0.15, -0.1) is 0 Å². The molecule has 1 aromatic heterocycles. The zero-order valence-corrected chi connectivity index (χ0v) is 14.9. The first-order valence-electron chi connectivity index (χ1n) is 8.01. The Hall–Kier alpha value is -2.27. The summed E-state index contributed by atoms with van der Waals surface area (Å²) in [6.45, 7) is 6.74. The van der Waals surface area contributed by atoms with Crippen molar-refractivity contribution in [3.05, 3.63) is 65.8 Å². The van der Waals surface area contributed by atoms with E-state index in [0.717, 1.165) is 11.5 Å². The number of nitrogens with zero attached hydrogens (tertiary/aromatic N) is 2. The van der Waals surface area contributed by atoms with Crippen LogP contribution >= 0.6 is 11.8 Å². The van der Waals surface area contributed by atoms with Crippen LogP contribution < -0.4 is 5.32 Å². The molecule has 0 saturated carbocycles. The minimum absolute atomic E-state index is 0.276. The number of rotatable bonds is 6. The number of nitrogens with one attached hydrogen (secondary N) is 1. The minimum Gasteiger partial charge on any atom is -0.376 e. The summed E-state index contributed by atoms with van der Waals surface area (Å²) in [5.41, 5.74) is 2.27. The lowest BCUT2D eigenvalue weighted by Gasteiger charge is -2.09. The first kappa shape index (κ1) is 16.6. The van der Waals surface area contributed by atoms with Crippen LogP contribution in [0.2, 0.25) is 0 Å². The van der Waals surface area contributed by atoms with Crippen LogP contribution in [0.15, 0.2) is 62.8 Å².